The maximum absolute atomic E-state index is 12.1. The number of carbonyl (C=O) groups excluding carboxylic acids is 2. The molecule has 0 radical (unpaired) electrons. The summed E-state index contributed by atoms with van der Waals surface area (Å²) in [6.45, 7) is 1.51. The Kier molecular flexibility index (Phi) is 5.36. The van der Waals surface area contributed by atoms with Gasteiger partial charge in [-0.1, -0.05) is 18.9 Å². The first-order valence-corrected chi connectivity index (χ1v) is 8.24. The van der Waals surface area contributed by atoms with Crippen LogP contribution in [0.1, 0.15) is 31.2 Å². The molecule has 0 aliphatic carbocycles. The molecule has 3 rings (SSSR count). The van der Waals surface area contributed by atoms with Crippen molar-refractivity contribution in [2.45, 2.75) is 25.7 Å². The number of fused-ring (bicyclic) bond motifs is 1. The van der Waals surface area contributed by atoms with Gasteiger partial charge in [0.25, 0.3) is 5.91 Å². The number of rotatable bonds is 4. The highest BCUT2D eigenvalue weighted by Crippen LogP contribution is 2.32. The SMILES string of the molecule is O=C(C=Cc1ccc2c(c1)OCO2)OCC(=O)N1CCCCCC1. The van der Waals surface area contributed by atoms with Crippen LogP contribution in [-0.2, 0) is 14.3 Å². The molecule has 1 aromatic carbocycles. The first-order valence-electron chi connectivity index (χ1n) is 8.24. The van der Waals surface area contributed by atoms with Gasteiger partial charge in [-0.2, -0.15) is 0 Å². The molecule has 0 atom stereocenters. The fourth-order valence-electron chi connectivity index (χ4n) is 2.77. The summed E-state index contributed by atoms with van der Waals surface area (Å²) in [5, 5.41) is 0. The van der Waals surface area contributed by atoms with Crippen molar-refractivity contribution < 1.29 is 23.8 Å². The summed E-state index contributed by atoms with van der Waals surface area (Å²) in [6.07, 6.45) is 7.28. The number of esters is 1. The third-order valence-corrected chi connectivity index (χ3v) is 4.11. The first kappa shape index (κ1) is 16.4. The van der Waals surface area contributed by atoms with Crippen molar-refractivity contribution in [1.82, 2.24) is 4.90 Å². The predicted molar refractivity (Wildman–Crippen MR) is 87.6 cm³/mol. The van der Waals surface area contributed by atoms with Crippen molar-refractivity contribution >= 4 is 18.0 Å². The fourth-order valence-corrected chi connectivity index (χ4v) is 2.77. The average molecular weight is 331 g/mol. The van der Waals surface area contributed by atoms with E-state index in [0.717, 1.165) is 44.3 Å². The Balaban J connectivity index is 1.47. The molecule has 0 saturated carbocycles. The lowest BCUT2D eigenvalue weighted by Gasteiger charge is -2.19. The van der Waals surface area contributed by atoms with Gasteiger partial charge >= 0.3 is 5.97 Å². The van der Waals surface area contributed by atoms with E-state index in [1.807, 2.05) is 6.07 Å². The molecule has 24 heavy (non-hydrogen) atoms. The summed E-state index contributed by atoms with van der Waals surface area (Å²) in [7, 11) is 0. The first-order chi connectivity index (χ1) is 11.7. The molecule has 2 aliphatic heterocycles. The molecule has 6 nitrogen and oxygen atoms in total. The summed E-state index contributed by atoms with van der Waals surface area (Å²) in [5.74, 6) is 0.692. The van der Waals surface area contributed by atoms with E-state index in [1.54, 1.807) is 23.1 Å². The lowest BCUT2D eigenvalue weighted by Crippen LogP contribution is -2.35. The van der Waals surface area contributed by atoms with Crippen LogP contribution in [0.3, 0.4) is 0 Å². The molecule has 1 aromatic rings. The van der Waals surface area contributed by atoms with Crippen LogP contribution in [0.15, 0.2) is 24.3 Å². The zero-order valence-corrected chi connectivity index (χ0v) is 13.5. The number of hydrogen-bond acceptors (Lipinski definition) is 5. The van der Waals surface area contributed by atoms with E-state index in [9.17, 15) is 9.59 Å². The third-order valence-electron chi connectivity index (χ3n) is 4.11. The van der Waals surface area contributed by atoms with Gasteiger partial charge in [0.1, 0.15) is 0 Å². The molecule has 0 unspecified atom stereocenters. The van der Waals surface area contributed by atoms with Crippen LogP contribution in [0, 0.1) is 0 Å². The van der Waals surface area contributed by atoms with E-state index in [1.165, 1.54) is 6.08 Å². The largest absolute Gasteiger partial charge is 0.454 e. The summed E-state index contributed by atoms with van der Waals surface area (Å²) in [5.41, 5.74) is 0.801. The van der Waals surface area contributed by atoms with Crippen LogP contribution in [0.2, 0.25) is 0 Å². The van der Waals surface area contributed by atoms with Crippen LogP contribution < -0.4 is 9.47 Å². The Morgan fingerprint density at radius 2 is 1.83 bits per heavy atom. The van der Waals surface area contributed by atoms with E-state index >= 15 is 0 Å². The highest BCUT2D eigenvalue weighted by atomic mass is 16.7. The molecule has 2 aliphatic rings. The van der Waals surface area contributed by atoms with Crippen LogP contribution in [-0.4, -0.2) is 43.3 Å². The summed E-state index contributed by atoms with van der Waals surface area (Å²) >= 11 is 0. The lowest BCUT2D eigenvalue weighted by atomic mass is 10.2. The van der Waals surface area contributed by atoms with Gasteiger partial charge in [0.2, 0.25) is 6.79 Å². The second-order valence-electron chi connectivity index (χ2n) is 5.85. The normalized spacial score (nSPS) is 16.9. The van der Waals surface area contributed by atoms with E-state index in [-0.39, 0.29) is 19.3 Å². The Morgan fingerprint density at radius 1 is 1.08 bits per heavy atom. The highest BCUT2D eigenvalue weighted by molar-refractivity contribution is 5.89. The zero-order chi connectivity index (χ0) is 16.8. The van der Waals surface area contributed by atoms with E-state index < -0.39 is 5.97 Å². The molecule has 0 spiro atoms. The molecule has 1 amide bonds. The summed E-state index contributed by atoms with van der Waals surface area (Å²) < 4.78 is 15.5. The number of amides is 1. The minimum absolute atomic E-state index is 0.123. The minimum atomic E-state index is -0.532. The summed E-state index contributed by atoms with van der Waals surface area (Å²) in [4.78, 5) is 25.6. The van der Waals surface area contributed by atoms with E-state index in [4.69, 9.17) is 14.2 Å². The Hall–Kier alpha value is -2.50. The van der Waals surface area contributed by atoms with Crippen LogP contribution in [0.5, 0.6) is 11.5 Å². The monoisotopic (exact) mass is 331 g/mol. The molecule has 1 fully saturated rings. The highest BCUT2D eigenvalue weighted by Gasteiger charge is 2.16. The number of hydrogen-bond donors (Lipinski definition) is 0. The Bertz CT molecular complexity index is 632. The molecular formula is C18H21NO5. The number of carbonyl (C=O) groups is 2. The fraction of sp³-hybridized carbons (Fsp3) is 0.444. The Labute approximate surface area is 141 Å². The van der Waals surface area contributed by atoms with Gasteiger partial charge in [0.15, 0.2) is 18.1 Å². The molecule has 6 heteroatoms. The van der Waals surface area contributed by atoms with Crippen molar-refractivity contribution in [2.24, 2.45) is 0 Å². The van der Waals surface area contributed by atoms with Gasteiger partial charge in [-0.3, -0.25) is 4.79 Å². The molecule has 0 N–H and O–H groups in total. The third kappa shape index (κ3) is 4.28. The standard InChI is InChI=1S/C18H21NO5/c20-17(19-9-3-1-2-4-10-19)12-22-18(21)8-6-14-5-7-15-16(11-14)24-13-23-15/h5-8,11H,1-4,9-10,12-13H2. The summed E-state index contributed by atoms with van der Waals surface area (Å²) in [6, 6.07) is 5.39. The molecule has 1 saturated heterocycles. The van der Waals surface area contributed by atoms with Crippen LogP contribution >= 0.6 is 0 Å². The zero-order valence-electron chi connectivity index (χ0n) is 13.5. The molecule has 2 heterocycles. The van der Waals surface area contributed by atoms with Crippen molar-refractivity contribution in [2.75, 3.05) is 26.5 Å². The minimum Gasteiger partial charge on any atom is -0.454 e. The van der Waals surface area contributed by atoms with E-state index in [0.29, 0.717) is 11.5 Å². The molecule has 0 bridgehead atoms. The average Bonchev–Trinajstić information content (AvgIpc) is 2.89. The van der Waals surface area contributed by atoms with Crippen molar-refractivity contribution in [3.05, 3.63) is 29.8 Å². The molecular weight excluding hydrogens is 310 g/mol. The Morgan fingerprint density at radius 3 is 2.62 bits per heavy atom. The van der Waals surface area contributed by atoms with Crippen LogP contribution in [0.25, 0.3) is 6.08 Å². The quantitative estimate of drug-likeness (QED) is 0.626. The van der Waals surface area contributed by atoms with Crippen LogP contribution in [0.4, 0.5) is 0 Å². The number of likely N-dealkylation sites (tertiary alicyclic amines) is 1. The predicted octanol–water partition coefficient (Wildman–Crippen LogP) is 2.37. The van der Waals surface area contributed by atoms with Gasteiger partial charge in [-0.15, -0.1) is 0 Å². The maximum atomic E-state index is 12.1. The van der Waals surface area contributed by atoms with Gasteiger partial charge in [-0.25, -0.2) is 4.79 Å². The van der Waals surface area contributed by atoms with Crippen molar-refractivity contribution in [3.8, 4) is 11.5 Å². The number of nitrogens with zero attached hydrogens (tertiary/aromatic N) is 1. The topological polar surface area (TPSA) is 65.1 Å². The van der Waals surface area contributed by atoms with Gasteiger partial charge < -0.3 is 19.1 Å². The second-order valence-corrected chi connectivity index (χ2v) is 5.85. The number of benzene rings is 1. The number of ether oxygens (including phenoxy) is 3. The maximum Gasteiger partial charge on any atom is 0.331 e. The van der Waals surface area contributed by atoms with Gasteiger partial charge in [0.05, 0.1) is 0 Å². The smallest absolute Gasteiger partial charge is 0.331 e. The van der Waals surface area contributed by atoms with Gasteiger partial charge in [0, 0.05) is 19.2 Å². The second kappa shape index (κ2) is 7.86. The molecule has 128 valence electrons. The van der Waals surface area contributed by atoms with Crippen molar-refractivity contribution in [3.63, 3.8) is 0 Å². The van der Waals surface area contributed by atoms with E-state index in [2.05, 4.69) is 0 Å². The lowest BCUT2D eigenvalue weighted by molar-refractivity contribution is -0.148. The van der Waals surface area contributed by atoms with Crippen molar-refractivity contribution in [1.29, 1.82) is 0 Å². The van der Waals surface area contributed by atoms with Gasteiger partial charge in [-0.05, 0) is 36.6 Å². The molecule has 0 aromatic heterocycles.